The fourth-order valence-electron chi connectivity index (χ4n) is 2.31. The van der Waals surface area contributed by atoms with Gasteiger partial charge in [-0.1, -0.05) is 6.08 Å². The van der Waals surface area contributed by atoms with Gasteiger partial charge >= 0.3 is 6.03 Å². The molecular weight excluding hydrogens is 204 g/mol. The van der Waals surface area contributed by atoms with Crippen LogP contribution in [0.2, 0.25) is 0 Å². The Labute approximate surface area is 96.8 Å². The number of carbonyl (C=O) groups is 1. The normalized spacial score (nSPS) is 21.2. The molecule has 0 saturated carbocycles. The lowest BCUT2D eigenvalue weighted by atomic mass is 10.1. The van der Waals surface area contributed by atoms with Gasteiger partial charge in [0.15, 0.2) is 0 Å². The van der Waals surface area contributed by atoms with Crippen LogP contribution >= 0.6 is 0 Å². The van der Waals surface area contributed by atoms with Crippen LogP contribution < -0.4 is 0 Å². The third-order valence-corrected chi connectivity index (χ3v) is 3.28. The smallest absolute Gasteiger partial charge is 0.320 e. The number of carbonyl (C=O) groups excluding carboxylic acids is 1. The molecule has 16 heavy (non-hydrogen) atoms. The number of methoxy groups -OCH3 is 1. The standard InChI is InChI=1S/C12H20N2O2/c1-16-10-11-4-8-14(9-5-11)12(15)13-6-2-3-7-13/h4H,2-3,5-10H2,1H3. The van der Waals surface area contributed by atoms with Crippen molar-refractivity contribution in [3.63, 3.8) is 0 Å². The van der Waals surface area contributed by atoms with Gasteiger partial charge in [-0.2, -0.15) is 0 Å². The Morgan fingerprint density at radius 1 is 1.31 bits per heavy atom. The minimum atomic E-state index is 0.213. The molecule has 0 N–H and O–H groups in total. The maximum Gasteiger partial charge on any atom is 0.320 e. The summed E-state index contributed by atoms with van der Waals surface area (Å²) >= 11 is 0. The highest BCUT2D eigenvalue weighted by atomic mass is 16.5. The molecule has 0 spiro atoms. The summed E-state index contributed by atoms with van der Waals surface area (Å²) in [5.41, 5.74) is 1.31. The molecule has 2 amide bonds. The number of hydrogen-bond acceptors (Lipinski definition) is 2. The van der Waals surface area contributed by atoms with Gasteiger partial charge in [-0.15, -0.1) is 0 Å². The van der Waals surface area contributed by atoms with Gasteiger partial charge < -0.3 is 14.5 Å². The average Bonchev–Trinajstić information content (AvgIpc) is 2.83. The van der Waals surface area contributed by atoms with Gasteiger partial charge in [0.2, 0.25) is 0 Å². The Morgan fingerprint density at radius 3 is 2.62 bits per heavy atom. The van der Waals surface area contributed by atoms with Crippen molar-refractivity contribution in [3.8, 4) is 0 Å². The van der Waals surface area contributed by atoms with Gasteiger partial charge in [0, 0.05) is 33.3 Å². The van der Waals surface area contributed by atoms with Crippen LogP contribution in [0.4, 0.5) is 4.79 Å². The molecule has 0 aromatic heterocycles. The van der Waals surface area contributed by atoms with Crippen molar-refractivity contribution >= 4 is 6.03 Å². The number of amides is 2. The van der Waals surface area contributed by atoms with Gasteiger partial charge in [0.1, 0.15) is 0 Å². The van der Waals surface area contributed by atoms with Gasteiger partial charge in [0.05, 0.1) is 6.61 Å². The summed E-state index contributed by atoms with van der Waals surface area (Å²) in [6.45, 7) is 4.15. The number of ether oxygens (including phenoxy) is 1. The number of likely N-dealkylation sites (tertiary alicyclic amines) is 1. The summed E-state index contributed by atoms with van der Waals surface area (Å²) in [5.74, 6) is 0. The van der Waals surface area contributed by atoms with E-state index in [1.165, 1.54) is 5.57 Å². The third-order valence-electron chi connectivity index (χ3n) is 3.28. The van der Waals surface area contributed by atoms with Crippen molar-refractivity contribution in [2.75, 3.05) is 39.9 Å². The van der Waals surface area contributed by atoms with Crippen molar-refractivity contribution < 1.29 is 9.53 Å². The molecule has 90 valence electrons. The van der Waals surface area contributed by atoms with Crippen LogP contribution in [0.15, 0.2) is 11.6 Å². The molecule has 0 unspecified atom stereocenters. The fraction of sp³-hybridized carbons (Fsp3) is 0.750. The first-order valence-electron chi connectivity index (χ1n) is 6.02. The van der Waals surface area contributed by atoms with Crippen LogP contribution in [-0.4, -0.2) is 55.7 Å². The predicted molar refractivity (Wildman–Crippen MR) is 62.4 cm³/mol. The van der Waals surface area contributed by atoms with E-state index in [1.54, 1.807) is 7.11 Å². The van der Waals surface area contributed by atoms with Crippen molar-refractivity contribution in [2.45, 2.75) is 19.3 Å². The number of rotatable bonds is 2. The second kappa shape index (κ2) is 5.34. The first-order valence-corrected chi connectivity index (χ1v) is 6.02. The number of nitrogens with zero attached hydrogens (tertiary/aromatic N) is 2. The lowest BCUT2D eigenvalue weighted by Gasteiger charge is -2.30. The highest BCUT2D eigenvalue weighted by Crippen LogP contribution is 2.15. The van der Waals surface area contributed by atoms with Gasteiger partial charge in [-0.3, -0.25) is 0 Å². The summed E-state index contributed by atoms with van der Waals surface area (Å²) in [5, 5.41) is 0. The Balaban J connectivity index is 1.85. The van der Waals surface area contributed by atoms with E-state index in [0.29, 0.717) is 6.61 Å². The molecule has 0 aromatic rings. The molecule has 2 aliphatic rings. The Bertz CT molecular complexity index is 283. The van der Waals surface area contributed by atoms with E-state index in [0.717, 1.165) is 45.4 Å². The zero-order valence-corrected chi connectivity index (χ0v) is 9.95. The fourth-order valence-corrected chi connectivity index (χ4v) is 2.31. The second-order valence-electron chi connectivity index (χ2n) is 4.47. The topological polar surface area (TPSA) is 32.8 Å². The first kappa shape index (κ1) is 11.5. The van der Waals surface area contributed by atoms with Gasteiger partial charge in [-0.25, -0.2) is 4.79 Å². The van der Waals surface area contributed by atoms with E-state index in [9.17, 15) is 4.79 Å². The van der Waals surface area contributed by atoms with Crippen LogP contribution in [0.25, 0.3) is 0 Å². The molecule has 0 aromatic carbocycles. The highest BCUT2D eigenvalue weighted by Gasteiger charge is 2.24. The maximum absolute atomic E-state index is 12.1. The lowest BCUT2D eigenvalue weighted by molar-refractivity contribution is 0.163. The van der Waals surface area contributed by atoms with E-state index in [1.807, 2.05) is 9.80 Å². The molecule has 0 bridgehead atoms. The van der Waals surface area contributed by atoms with E-state index >= 15 is 0 Å². The zero-order chi connectivity index (χ0) is 11.4. The first-order chi connectivity index (χ1) is 7.81. The van der Waals surface area contributed by atoms with Crippen LogP contribution in [0.5, 0.6) is 0 Å². The van der Waals surface area contributed by atoms with Crippen LogP contribution in [0.1, 0.15) is 19.3 Å². The molecule has 4 nitrogen and oxygen atoms in total. The van der Waals surface area contributed by atoms with Crippen molar-refractivity contribution in [1.82, 2.24) is 9.80 Å². The lowest BCUT2D eigenvalue weighted by Crippen LogP contribution is -2.43. The molecule has 0 atom stereocenters. The SMILES string of the molecule is COCC1=CCN(C(=O)N2CCCC2)CC1. The van der Waals surface area contributed by atoms with Crippen molar-refractivity contribution in [3.05, 3.63) is 11.6 Å². The van der Waals surface area contributed by atoms with E-state index < -0.39 is 0 Å². The van der Waals surface area contributed by atoms with Crippen LogP contribution in [0.3, 0.4) is 0 Å². The van der Waals surface area contributed by atoms with Crippen LogP contribution in [-0.2, 0) is 4.74 Å². The maximum atomic E-state index is 12.1. The largest absolute Gasteiger partial charge is 0.380 e. The number of urea groups is 1. The van der Waals surface area contributed by atoms with E-state index in [4.69, 9.17) is 4.74 Å². The molecule has 1 saturated heterocycles. The molecule has 2 heterocycles. The molecule has 0 radical (unpaired) electrons. The molecule has 2 rings (SSSR count). The number of hydrogen-bond donors (Lipinski definition) is 0. The summed E-state index contributed by atoms with van der Waals surface area (Å²) in [6.07, 6.45) is 5.39. The highest BCUT2D eigenvalue weighted by molar-refractivity contribution is 5.75. The third kappa shape index (κ3) is 2.55. The van der Waals surface area contributed by atoms with Crippen LogP contribution in [0, 0.1) is 0 Å². The average molecular weight is 224 g/mol. The zero-order valence-electron chi connectivity index (χ0n) is 9.95. The Kier molecular flexibility index (Phi) is 3.83. The monoisotopic (exact) mass is 224 g/mol. The molecule has 1 fully saturated rings. The Hall–Kier alpha value is -1.03. The van der Waals surface area contributed by atoms with E-state index in [2.05, 4.69) is 6.08 Å². The molecule has 4 heteroatoms. The molecule has 0 aliphatic carbocycles. The summed E-state index contributed by atoms with van der Waals surface area (Å²) in [4.78, 5) is 16.0. The van der Waals surface area contributed by atoms with E-state index in [-0.39, 0.29) is 6.03 Å². The minimum Gasteiger partial charge on any atom is -0.380 e. The van der Waals surface area contributed by atoms with Crippen molar-refractivity contribution in [1.29, 1.82) is 0 Å². The molecular formula is C12H20N2O2. The molecule has 2 aliphatic heterocycles. The van der Waals surface area contributed by atoms with Gasteiger partial charge in [0.25, 0.3) is 0 Å². The van der Waals surface area contributed by atoms with Crippen molar-refractivity contribution in [2.24, 2.45) is 0 Å². The summed E-state index contributed by atoms with van der Waals surface area (Å²) in [7, 11) is 1.71. The minimum absolute atomic E-state index is 0.213. The summed E-state index contributed by atoms with van der Waals surface area (Å²) < 4.78 is 5.09. The Morgan fingerprint density at radius 2 is 2.06 bits per heavy atom. The van der Waals surface area contributed by atoms with Gasteiger partial charge in [-0.05, 0) is 24.8 Å². The second-order valence-corrected chi connectivity index (χ2v) is 4.47. The predicted octanol–water partition coefficient (Wildman–Crippen LogP) is 1.48. The summed E-state index contributed by atoms with van der Waals surface area (Å²) in [6, 6.07) is 0.213. The quantitative estimate of drug-likeness (QED) is 0.666.